The lowest BCUT2D eigenvalue weighted by molar-refractivity contribution is -0.133. The standard InChI is InChI=1S/C20H25N3O2/c1-14(15-6-7-15)12-19(24)22-8-10-23(11-9-22)20(25)18-13-16-4-2-3-5-17(16)21-18/h2-5,13-15,21H,6-12H2,1H3. The zero-order chi connectivity index (χ0) is 17.4. The van der Waals surface area contributed by atoms with Gasteiger partial charge in [0.05, 0.1) is 0 Å². The molecule has 2 amide bonds. The summed E-state index contributed by atoms with van der Waals surface area (Å²) in [7, 11) is 0. The first-order chi connectivity index (χ1) is 12.1. The Bertz CT molecular complexity index is 752. The Balaban J connectivity index is 1.34. The maximum atomic E-state index is 12.7. The Morgan fingerprint density at radius 2 is 1.80 bits per heavy atom. The molecule has 5 heteroatoms. The number of nitrogens with zero attached hydrogens (tertiary/aromatic N) is 2. The molecule has 1 aliphatic carbocycles. The van der Waals surface area contributed by atoms with E-state index in [-0.39, 0.29) is 11.8 Å². The highest BCUT2D eigenvalue weighted by Gasteiger charge is 2.32. The normalized spacial score (nSPS) is 19.2. The molecule has 25 heavy (non-hydrogen) atoms. The van der Waals surface area contributed by atoms with Gasteiger partial charge in [-0.3, -0.25) is 9.59 Å². The van der Waals surface area contributed by atoms with Gasteiger partial charge in [0, 0.05) is 43.5 Å². The van der Waals surface area contributed by atoms with Crippen molar-refractivity contribution < 1.29 is 9.59 Å². The summed E-state index contributed by atoms with van der Waals surface area (Å²) in [6, 6.07) is 9.81. The topological polar surface area (TPSA) is 56.4 Å². The van der Waals surface area contributed by atoms with Gasteiger partial charge in [0.2, 0.25) is 5.91 Å². The van der Waals surface area contributed by atoms with Gasteiger partial charge in [-0.05, 0) is 36.8 Å². The van der Waals surface area contributed by atoms with Crippen LogP contribution in [0.5, 0.6) is 0 Å². The number of carbonyl (C=O) groups is 2. The van der Waals surface area contributed by atoms with Crippen LogP contribution in [-0.2, 0) is 4.79 Å². The van der Waals surface area contributed by atoms with Crippen LogP contribution in [0.25, 0.3) is 10.9 Å². The summed E-state index contributed by atoms with van der Waals surface area (Å²) >= 11 is 0. The van der Waals surface area contributed by atoms with Crippen LogP contribution in [0, 0.1) is 11.8 Å². The molecular weight excluding hydrogens is 314 g/mol. The van der Waals surface area contributed by atoms with E-state index in [0.29, 0.717) is 44.2 Å². The van der Waals surface area contributed by atoms with Gasteiger partial charge in [-0.15, -0.1) is 0 Å². The van der Waals surface area contributed by atoms with E-state index < -0.39 is 0 Å². The first-order valence-electron chi connectivity index (χ1n) is 9.26. The van der Waals surface area contributed by atoms with Crippen LogP contribution in [0.4, 0.5) is 0 Å². The molecule has 1 atom stereocenters. The average Bonchev–Trinajstić information content (AvgIpc) is 3.40. The maximum absolute atomic E-state index is 12.7. The lowest BCUT2D eigenvalue weighted by Gasteiger charge is -2.35. The molecule has 1 N–H and O–H groups in total. The lowest BCUT2D eigenvalue weighted by Crippen LogP contribution is -2.50. The number of para-hydroxylation sites is 1. The van der Waals surface area contributed by atoms with Crippen LogP contribution in [0.1, 0.15) is 36.7 Å². The molecule has 0 radical (unpaired) electrons. The van der Waals surface area contributed by atoms with Crippen molar-refractivity contribution in [3.63, 3.8) is 0 Å². The third-order valence-electron chi connectivity index (χ3n) is 5.60. The molecule has 0 bridgehead atoms. The molecule has 0 spiro atoms. The molecule has 2 heterocycles. The van der Waals surface area contributed by atoms with E-state index in [1.165, 1.54) is 12.8 Å². The molecule has 2 fully saturated rings. The SMILES string of the molecule is CC(CC(=O)N1CCN(C(=O)c2cc3ccccc3[nH]2)CC1)C1CC1. The smallest absolute Gasteiger partial charge is 0.270 e. The van der Waals surface area contributed by atoms with E-state index >= 15 is 0 Å². The van der Waals surface area contributed by atoms with E-state index in [9.17, 15) is 9.59 Å². The average molecular weight is 339 g/mol. The molecule has 1 unspecified atom stereocenters. The van der Waals surface area contributed by atoms with Crippen molar-refractivity contribution in [3.05, 3.63) is 36.0 Å². The van der Waals surface area contributed by atoms with Crippen molar-refractivity contribution >= 4 is 22.7 Å². The van der Waals surface area contributed by atoms with Crippen molar-refractivity contribution in [2.75, 3.05) is 26.2 Å². The van der Waals surface area contributed by atoms with Gasteiger partial charge in [0.15, 0.2) is 0 Å². The highest BCUT2D eigenvalue weighted by Crippen LogP contribution is 2.38. The largest absolute Gasteiger partial charge is 0.351 e. The first kappa shape index (κ1) is 16.2. The highest BCUT2D eigenvalue weighted by atomic mass is 16.2. The van der Waals surface area contributed by atoms with Gasteiger partial charge >= 0.3 is 0 Å². The predicted octanol–water partition coefficient (Wildman–Crippen LogP) is 2.89. The Kier molecular flexibility index (Phi) is 4.24. The van der Waals surface area contributed by atoms with E-state index in [0.717, 1.165) is 16.8 Å². The zero-order valence-electron chi connectivity index (χ0n) is 14.7. The molecule has 5 nitrogen and oxygen atoms in total. The molecule has 1 saturated heterocycles. The lowest BCUT2D eigenvalue weighted by atomic mass is 10.0. The Labute approximate surface area is 148 Å². The molecular formula is C20H25N3O2. The van der Waals surface area contributed by atoms with Gasteiger partial charge in [-0.1, -0.05) is 25.1 Å². The summed E-state index contributed by atoms with van der Waals surface area (Å²) in [5.74, 6) is 1.53. The number of piperazine rings is 1. The number of fused-ring (bicyclic) bond motifs is 1. The fourth-order valence-corrected chi connectivity index (χ4v) is 3.75. The van der Waals surface area contributed by atoms with Crippen LogP contribution in [0.3, 0.4) is 0 Å². The van der Waals surface area contributed by atoms with Crippen LogP contribution in [-0.4, -0.2) is 52.8 Å². The minimum atomic E-state index is 0.0228. The summed E-state index contributed by atoms with van der Waals surface area (Å²) < 4.78 is 0. The minimum absolute atomic E-state index is 0.0228. The number of hydrogen-bond acceptors (Lipinski definition) is 2. The third-order valence-corrected chi connectivity index (χ3v) is 5.60. The second kappa shape index (κ2) is 6.54. The molecule has 1 aromatic heterocycles. The molecule has 1 aromatic carbocycles. The number of benzene rings is 1. The van der Waals surface area contributed by atoms with E-state index in [4.69, 9.17) is 0 Å². The summed E-state index contributed by atoms with van der Waals surface area (Å²) in [5, 5.41) is 1.05. The molecule has 4 rings (SSSR count). The number of aromatic amines is 1. The number of carbonyl (C=O) groups excluding carboxylic acids is 2. The van der Waals surface area contributed by atoms with Gasteiger partial charge in [0.25, 0.3) is 5.91 Å². The van der Waals surface area contributed by atoms with Crippen molar-refractivity contribution in [2.24, 2.45) is 11.8 Å². The van der Waals surface area contributed by atoms with Gasteiger partial charge < -0.3 is 14.8 Å². The summed E-state index contributed by atoms with van der Waals surface area (Å²) in [6.45, 7) is 4.69. The van der Waals surface area contributed by atoms with Crippen molar-refractivity contribution in [3.8, 4) is 0 Å². The number of aromatic nitrogens is 1. The Hall–Kier alpha value is -2.30. The van der Waals surface area contributed by atoms with Crippen LogP contribution in [0.15, 0.2) is 30.3 Å². The number of hydrogen-bond donors (Lipinski definition) is 1. The minimum Gasteiger partial charge on any atom is -0.351 e. The zero-order valence-corrected chi connectivity index (χ0v) is 14.7. The summed E-state index contributed by atoms with van der Waals surface area (Å²) in [4.78, 5) is 32.1. The molecule has 1 aliphatic heterocycles. The number of nitrogens with one attached hydrogen (secondary N) is 1. The van der Waals surface area contributed by atoms with Gasteiger partial charge in [0.1, 0.15) is 5.69 Å². The van der Waals surface area contributed by atoms with Crippen molar-refractivity contribution in [1.82, 2.24) is 14.8 Å². The fraction of sp³-hybridized carbons (Fsp3) is 0.500. The second-order valence-corrected chi connectivity index (χ2v) is 7.46. The number of rotatable bonds is 4. The monoisotopic (exact) mass is 339 g/mol. The van der Waals surface area contributed by atoms with Crippen molar-refractivity contribution in [2.45, 2.75) is 26.2 Å². The molecule has 1 saturated carbocycles. The first-order valence-corrected chi connectivity index (χ1v) is 9.26. The second-order valence-electron chi connectivity index (χ2n) is 7.46. The number of amides is 2. The molecule has 132 valence electrons. The number of H-pyrrole nitrogens is 1. The van der Waals surface area contributed by atoms with Crippen LogP contribution < -0.4 is 0 Å². The van der Waals surface area contributed by atoms with E-state index in [1.807, 2.05) is 40.1 Å². The predicted molar refractivity (Wildman–Crippen MR) is 97.3 cm³/mol. The molecule has 2 aliphatic rings. The van der Waals surface area contributed by atoms with Crippen LogP contribution in [0.2, 0.25) is 0 Å². The Morgan fingerprint density at radius 3 is 2.48 bits per heavy atom. The van der Waals surface area contributed by atoms with Gasteiger partial charge in [-0.2, -0.15) is 0 Å². The summed E-state index contributed by atoms with van der Waals surface area (Å²) in [5.41, 5.74) is 1.61. The third kappa shape index (κ3) is 3.41. The Morgan fingerprint density at radius 1 is 1.12 bits per heavy atom. The maximum Gasteiger partial charge on any atom is 0.270 e. The highest BCUT2D eigenvalue weighted by molar-refractivity contribution is 5.98. The summed E-state index contributed by atoms with van der Waals surface area (Å²) in [6.07, 6.45) is 3.21. The van der Waals surface area contributed by atoms with Gasteiger partial charge in [-0.25, -0.2) is 0 Å². The van der Waals surface area contributed by atoms with Crippen LogP contribution >= 0.6 is 0 Å². The van der Waals surface area contributed by atoms with E-state index in [1.54, 1.807) is 0 Å². The quantitative estimate of drug-likeness (QED) is 0.931. The fourth-order valence-electron chi connectivity index (χ4n) is 3.75. The van der Waals surface area contributed by atoms with Crippen molar-refractivity contribution in [1.29, 1.82) is 0 Å². The molecule has 2 aromatic rings. The van der Waals surface area contributed by atoms with E-state index in [2.05, 4.69) is 11.9 Å².